The maximum atomic E-state index is 14.3. The van der Waals surface area contributed by atoms with Crippen LogP contribution < -0.4 is 20.9 Å². The fourth-order valence-corrected chi connectivity index (χ4v) is 8.56. The van der Waals surface area contributed by atoms with Crippen molar-refractivity contribution in [2.75, 3.05) is 38.6 Å². The van der Waals surface area contributed by atoms with Gasteiger partial charge in [0.1, 0.15) is 17.6 Å². The number of ether oxygens (including phenoxy) is 1. The Morgan fingerprint density at radius 3 is 2.35 bits per heavy atom. The number of benzene rings is 3. The average Bonchev–Trinajstić information content (AvgIpc) is 3.15. The van der Waals surface area contributed by atoms with Crippen molar-refractivity contribution >= 4 is 39.9 Å². The largest absolute Gasteiger partial charge is 0.496 e. The van der Waals surface area contributed by atoms with Crippen molar-refractivity contribution in [2.45, 2.75) is 69.2 Å². The number of pyridine rings is 1. The lowest BCUT2D eigenvalue weighted by Gasteiger charge is -2.42. The molecular formula is C40H42ClF4N5O4. The van der Waals surface area contributed by atoms with Gasteiger partial charge in [-0.15, -0.1) is 0 Å². The predicted octanol–water partition coefficient (Wildman–Crippen LogP) is 7.09. The Bertz CT molecular complexity index is 2140. The summed E-state index contributed by atoms with van der Waals surface area (Å²) in [6, 6.07) is 11.6. The second-order valence-corrected chi connectivity index (χ2v) is 15.0. The van der Waals surface area contributed by atoms with Gasteiger partial charge < -0.3 is 19.5 Å². The summed E-state index contributed by atoms with van der Waals surface area (Å²) < 4.78 is 64.5. The van der Waals surface area contributed by atoms with E-state index in [9.17, 15) is 31.9 Å². The Balaban J connectivity index is 0.976. The zero-order valence-electron chi connectivity index (χ0n) is 30.1. The number of alkyl halides is 3. The van der Waals surface area contributed by atoms with E-state index in [0.717, 1.165) is 37.6 Å². The van der Waals surface area contributed by atoms with Crippen molar-refractivity contribution in [1.29, 1.82) is 0 Å². The van der Waals surface area contributed by atoms with Crippen LogP contribution in [0.5, 0.6) is 5.75 Å². The van der Waals surface area contributed by atoms with Gasteiger partial charge in [0.05, 0.1) is 12.7 Å². The van der Waals surface area contributed by atoms with E-state index in [0.29, 0.717) is 71.2 Å². The number of rotatable bonds is 8. The van der Waals surface area contributed by atoms with Crippen LogP contribution in [0.25, 0.3) is 21.9 Å². The van der Waals surface area contributed by atoms with Crippen LogP contribution in [0.4, 0.5) is 23.2 Å². The molecule has 2 amide bonds. The summed E-state index contributed by atoms with van der Waals surface area (Å²) in [6.45, 7) is 3.60. The quantitative estimate of drug-likeness (QED) is 0.146. The first-order valence-electron chi connectivity index (χ1n) is 18.2. The first kappa shape index (κ1) is 37.8. The SMILES string of the molecule is COc1cc(-c2cn(C)c(=O)c3ccc(F)cc23)cc(Cl)c1CN1CCC(N2CCC(c3ccc(NC4CCC(=O)NC4=O)cc3C(F)(F)F)CC2)CC1. The zero-order chi connectivity index (χ0) is 38.3. The molecule has 0 bridgehead atoms. The lowest BCUT2D eigenvalue weighted by molar-refractivity contribution is -0.138. The summed E-state index contributed by atoms with van der Waals surface area (Å²) in [5.74, 6) is -1.00. The summed E-state index contributed by atoms with van der Waals surface area (Å²) in [6.07, 6.45) is 0.521. The predicted molar refractivity (Wildman–Crippen MR) is 199 cm³/mol. The molecular weight excluding hydrogens is 726 g/mol. The van der Waals surface area contributed by atoms with Gasteiger partial charge in [0.15, 0.2) is 0 Å². The normalized spacial score (nSPS) is 19.6. The van der Waals surface area contributed by atoms with Crippen LogP contribution in [0.2, 0.25) is 5.02 Å². The minimum absolute atomic E-state index is 0.131. The van der Waals surface area contributed by atoms with Crippen molar-refractivity contribution in [3.05, 3.63) is 92.6 Å². The lowest BCUT2D eigenvalue weighted by atomic mass is 9.85. The molecule has 9 nitrogen and oxygen atoms in total. The van der Waals surface area contributed by atoms with E-state index in [4.69, 9.17) is 16.3 Å². The number of carbonyl (C=O) groups is 2. The molecule has 0 aliphatic carbocycles. The zero-order valence-corrected chi connectivity index (χ0v) is 30.8. The van der Waals surface area contributed by atoms with E-state index in [1.54, 1.807) is 26.4 Å². The molecule has 3 aliphatic heterocycles. The first-order valence-corrected chi connectivity index (χ1v) is 18.6. The average molecular weight is 768 g/mol. The Morgan fingerprint density at radius 1 is 0.926 bits per heavy atom. The number of likely N-dealkylation sites (tertiary alicyclic amines) is 2. The standard InChI is InChI=1S/C40H42ClF4N5O4/c1-48-21-31(30-19-25(42)3-5-29(30)39(48)53)24-17-34(41)32(36(18-24)54-2)22-49-13-11-27(12-14-49)50-15-9-23(10-16-50)28-6-4-26(20-33(28)40(43,44)45)46-35-7-8-37(51)47-38(35)52/h3-6,17-21,23,27,35,46H,7-16,22H2,1-2H3,(H,47,51,52). The third kappa shape index (κ3) is 7.85. The summed E-state index contributed by atoms with van der Waals surface area (Å²) >= 11 is 6.89. The molecule has 54 heavy (non-hydrogen) atoms. The lowest BCUT2D eigenvalue weighted by Crippen LogP contribution is -2.47. The summed E-state index contributed by atoms with van der Waals surface area (Å²) in [7, 11) is 3.24. The molecule has 3 aliphatic rings. The molecule has 1 atom stereocenters. The van der Waals surface area contributed by atoms with Crippen LogP contribution in [-0.2, 0) is 29.4 Å². The number of nitrogens with zero attached hydrogens (tertiary/aromatic N) is 3. The van der Waals surface area contributed by atoms with Gasteiger partial charge >= 0.3 is 6.18 Å². The highest BCUT2D eigenvalue weighted by molar-refractivity contribution is 6.32. The molecule has 3 saturated heterocycles. The van der Waals surface area contributed by atoms with Gasteiger partial charge in [0.25, 0.3) is 5.56 Å². The van der Waals surface area contributed by atoms with E-state index in [1.807, 2.05) is 12.1 Å². The fourth-order valence-electron chi connectivity index (χ4n) is 8.29. The van der Waals surface area contributed by atoms with E-state index in [1.165, 1.54) is 28.8 Å². The molecule has 2 N–H and O–H groups in total. The molecule has 3 fully saturated rings. The Hall–Kier alpha value is -4.46. The number of carbonyl (C=O) groups excluding carboxylic acids is 2. The summed E-state index contributed by atoms with van der Waals surface area (Å²) in [5.41, 5.74) is 1.77. The molecule has 0 saturated carbocycles. The first-order chi connectivity index (χ1) is 25.8. The van der Waals surface area contributed by atoms with E-state index < -0.39 is 29.5 Å². The van der Waals surface area contributed by atoms with Crippen molar-refractivity contribution in [2.24, 2.45) is 7.05 Å². The maximum Gasteiger partial charge on any atom is 0.416 e. The fraction of sp³-hybridized carbons (Fsp3) is 0.425. The van der Waals surface area contributed by atoms with Crippen molar-refractivity contribution in [3.63, 3.8) is 0 Å². The van der Waals surface area contributed by atoms with E-state index in [-0.39, 0.29) is 41.5 Å². The van der Waals surface area contributed by atoms with Gasteiger partial charge in [-0.25, -0.2) is 4.39 Å². The minimum atomic E-state index is -4.55. The number of hydrogen-bond donors (Lipinski definition) is 2. The highest BCUT2D eigenvalue weighted by atomic mass is 35.5. The van der Waals surface area contributed by atoms with Crippen molar-refractivity contribution in [1.82, 2.24) is 19.7 Å². The van der Waals surface area contributed by atoms with Gasteiger partial charge in [0.2, 0.25) is 11.8 Å². The topological polar surface area (TPSA) is 95.9 Å². The van der Waals surface area contributed by atoms with Gasteiger partial charge in [-0.05, 0) is 123 Å². The number of halogens is 5. The Kier molecular flexibility index (Phi) is 10.8. The molecule has 0 radical (unpaired) electrons. The monoisotopic (exact) mass is 767 g/mol. The number of anilines is 1. The highest BCUT2D eigenvalue weighted by Crippen LogP contribution is 2.42. The second-order valence-electron chi connectivity index (χ2n) is 14.6. The molecule has 4 aromatic rings. The number of fused-ring (bicyclic) bond motifs is 1. The molecule has 3 aromatic carbocycles. The van der Waals surface area contributed by atoms with Crippen LogP contribution in [0.1, 0.15) is 61.1 Å². The number of nitrogens with one attached hydrogen (secondary N) is 2. The van der Waals surface area contributed by atoms with Gasteiger partial charge in [0, 0.05) is 59.5 Å². The summed E-state index contributed by atoms with van der Waals surface area (Å²) in [4.78, 5) is 41.1. The van der Waals surface area contributed by atoms with Crippen molar-refractivity contribution < 1.29 is 31.9 Å². The number of aryl methyl sites for hydroxylation is 1. The smallest absolute Gasteiger partial charge is 0.416 e. The molecule has 14 heteroatoms. The molecule has 4 heterocycles. The van der Waals surface area contributed by atoms with Gasteiger partial charge in [-0.2, -0.15) is 13.2 Å². The highest BCUT2D eigenvalue weighted by Gasteiger charge is 2.38. The third-order valence-corrected chi connectivity index (χ3v) is 11.5. The van der Waals surface area contributed by atoms with Crippen LogP contribution in [0, 0.1) is 5.82 Å². The Morgan fingerprint density at radius 2 is 1.67 bits per heavy atom. The molecule has 0 spiro atoms. The maximum absolute atomic E-state index is 14.3. The number of aromatic nitrogens is 1. The van der Waals surface area contributed by atoms with Crippen LogP contribution in [0.3, 0.4) is 0 Å². The van der Waals surface area contributed by atoms with Crippen LogP contribution >= 0.6 is 11.6 Å². The molecule has 286 valence electrons. The number of imide groups is 1. The number of amides is 2. The minimum Gasteiger partial charge on any atom is -0.496 e. The molecule has 7 rings (SSSR count). The molecule has 1 unspecified atom stereocenters. The summed E-state index contributed by atoms with van der Waals surface area (Å²) in [5, 5.41) is 6.51. The molecule has 1 aromatic heterocycles. The number of piperidine rings is 3. The second kappa shape index (κ2) is 15.3. The van der Waals surface area contributed by atoms with Gasteiger partial charge in [-0.1, -0.05) is 17.7 Å². The number of hydrogen-bond acceptors (Lipinski definition) is 7. The van der Waals surface area contributed by atoms with Gasteiger partial charge in [-0.3, -0.25) is 24.6 Å². The van der Waals surface area contributed by atoms with Crippen LogP contribution in [0.15, 0.2) is 59.5 Å². The van der Waals surface area contributed by atoms with Crippen molar-refractivity contribution in [3.8, 4) is 16.9 Å². The Labute approximate surface area is 315 Å². The van der Waals surface area contributed by atoms with Crippen LogP contribution in [-0.4, -0.2) is 71.6 Å². The van der Waals surface area contributed by atoms with E-state index in [2.05, 4.69) is 20.4 Å². The van der Waals surface area contributed by atoms with E-state index >= 15 is 0 Å². The number of methoxy groups -OCH3 is 1. The third-order valence-electron chi connectivity index (χ3n) is 11.2.